The Labute approximate surface area is 712 Å². The number of benzene rings is 10. The minimum atomic E-state index is -0.00210. The van der Waals surface area contributed by atoms with Crippen LogP contribution in [0.1, 0.15) is 269 Å². The zero-order valence-electron chi connectivity index (χ0n) is 71.7. The van der Waals surface area contributed by atoms with Crippen LogP contribution in [0, 0.1) is 0 Å². The van der Waals surface area contributed by atoms with Gasteiger partial charge in [0.05, 0.1) is 26.4 Å². The van der Waals surface area contributed by atoms with Gasteiger partial charge in [0, 0.05) is 0 Å². The average Bonchev–Trinajstić information content (AvgIpc) is 0.811. The fourth-order valence-electron chi connectivity index (χ4n) is 14.0. The molecule has 0 fully saturated rings. The maximum atomic E-state index is 9.41. The molecule has 10 aromatic rings. The van der Waals surface area contributed by atoms with Crippen LogP contribution in [-0.4, -0.2) is 24.9 Å². The second kappa shape index (κ2) is 55.5. The first-order valence-electron chi connectivity index (χ1n) is 44.9. The molecule has 0 aromatic heterocycles. The van der Waals surface area contributed by atoms with E-state index in [4.69, 9.17) is 56.8 Å². The van der Waals surface area contributed by atoms with Crippen LogP contribution in [0.4, 0.5) is 0 Å². The Balaban J connectivity index is 0.783. The summed E-state index contributed by atoms with van der Waals surface area (Å²) in [5, 5.41) is 9.41. The first-order valence-corrected chi connectivity index (χ1v) is 44.9. The molecule has 10 aromatic carbocycles. The standard InChI is InChI=1S/C106H134O13/c1-4-7-10-13-16-19-22-25-28-31-70-108-95-54-36-86(37-55-95)76-112-100-64-46-91(47-65-100)81-117-104-73-94(84-116-103-62-44-90(45-63-103)80-115-99-60-42-89(43-61-99)79-111-98-52-34-85(75-107)35-53-98)74-105(118-82-92-48-66-101(67-49-92)113-77-87-38-56-96(57-39-87)109-71-32-29-26-23-20-17-14-11-8-5-2)106(104)119-83-93-50-68-102(69-51-93)114-78-88-40-58-97(59-41-88)110-72-33-30-27-24-21-18-15-12-9-6-3/h34-69,73-74,107H,4-33,70-72,75-84H2,1-3H3. The lowest BCUT2D eigenvalue weighted by Crippen LogP contribution is -2.06. The molecule has 0 heterocycles. The van der Waals surface area contributed by atoms with Gasteiger partial charge in [-0.3, -0.25) is 0 Å². The highest BCUT2D eigenvalue weighted by Gasteiger charge is 2.19. The third-order valence-electron chi connectivity index (χ3n) is 21.5. The van der Waals surface area contributed by atoms with E-state index in [1.807, 2.05) is 194 Å². The SMILES string of the molecule is CCCCCCCCCCCCOc1ccc(COc2ccc(COc3cc(COc4ccc(COc5ccc(COc6ccc(CO)cc6)cc5)cc4)cc(OCc4ccc(OCc5ccc(OCCCCCCCCCCCC)cc5)cc4)c3OCc3ccc(OCc4ccc(OCCCCCCCCCCCC)cc4)cc3)cc2)cc1. The molecule has 0 bridgehead atoms. The number of rotatable bonds is 64. The molecule has 0 saturated carbocycles. The van der Waals surface area contributed by atoms with Crippen molar-refractivity contribution in [3.63, 3.8) is 0 Å². The lowest BCUT2D eigenvalue weighted by molar-refractivity contribution is 0.227. The normalized spacial score (nSPS) is 11.1. The van der Waals surface area contributed by atoms with Gasteiger partial charge in [-0.05, 0) is 196 Å². The second-order valence-electron chi connectivity index (χ2n) is 31.6. The van der Waals surface area contributed by atoms with E-state index in [0.717, 1.165) is 141 Å². The quantitative estimate of drug-likeness (QED) is 0.0363. The average molecular weight is 1620 g/mol. The lowest BCUT2D eigenvalue weighted by atomic mass is 10.1. The molecule has 0 aliphatic rings. The number of aliphatic hydroxyl groups is 1. The van der Waals surface area contributed by atoms with Crippen molar-refractivity contribution in [3.05, 3.63) is 286 Å². The molecule has 0 spiro atoms. The lowest BCUT2D eigenvalue weighted by Gasteiger charge is -2.20. The van der Waals surface area contributed by atoms with Crippen LogP contribution < -0.4 is 56.8 Å². The minimum Gasteiger partial charge on any atom is -0.494 e. The van der Waals surface area contributed by atoms with E-state index in [2.05, 4.69) is 57.2 Å². The number of hydrogen-bond donors (Lipinski definition) is 1. The predicted octanol–water partition coefficient (Wildman–Crippen LogP) is 28.3. The van der Waals surface area contributed by atoms with Crippen LogP contribution in [0.2, 0.25) is 0 Å². The Hall–Kier alpha value is -10.2. The van der Waals surface area contributed by atoms with Crippen molar-refractivity contribution in [2.24, 2.45) is 0 Å². The first kappa shape index (κ1) is 91.1. The summed E-state index contributed by atoms with van der Waals surface area (Å²) in [5.74, 6) is 8.52. The molecule has 0 aliphatic carbocycles. The van der Waals surface area contributed by atoms with Gasteiger partial charge in [0.25, 0.3) is 0 Å². The Morgan fingerprint density at radius 1 is 0.168 bits per heavy atom. The fourth-order valence-corrected chi connectivity index (χ4v) is 14.0. The molecule has 0 aliphatic heterocycles. The van der Waals surface area contributed by atoms with Crippen molar-refractivity contribution in [2.45, 2.75) is 279 Å². The topological polar surface area (TPSA) is 131 Å². The van der Waals surface area contributed by atoms with Crippen LogP contribution in [0.25, 0.3) is 0 Å². The smallest absolute Gasteiger partial charge is 0.203 e. The number of ether oxygens (including phenoxy) is 12. The summed E-state index contributed by atoms with van der Waals surface area (Å²) in [4.78, 5) is 0. The molecular weight excluding hydrogens is 1480 g/mol. The van der Waals surface area contributed by atoms with Gasteiger partial charge in [0.1, 0.15) is 111 Å². The molecule has 119 heavy (non-hydrogen) atoms. The van der Waals surface area contributed by atoms with E-state index in [1.54, 1.807) is 0 Å². The van der Waals surface area contributed by atoms with Gasteiger partial charge in [0.15, 0.2) is 11.5 Å². The highest BCUT2D eigenvalue weighted by atomic mass is 16.5. The van der Waals surface area contributed by atoms with Crippen LogP contribution in [0.5, 0.6) is 69.0 Å². The second-order valence-corrected chi connectivity index (χ2v) is 31.6. The third kappa shape index (κ3) is 36.5. The maximum Gasteiger partial charge on any atom is 0.203 e. The number of hydrogen-bond acceptors (Lipinski definition) is 13. The van der Waals surface area contributed by atoms with Gasteiger partial charge >= 0.3 is 0 Å². The number of unbranched alkanes of at least 4 members (excludes halogenated alkanes) is 27. The maximum absolute atomic E-state index is 9.41. The van der Waals surface area contributed by atoms with E-state index in [1.165, 1.54) is 173 Å². The zero-order chi connectivity index (χ0) is 82.5. The Kier molecular flexibility index (Phi) is 42.5. The third-order valence-corrected chi connectivity index (χ3v) is 21.5. The van der Waals surface area contributed by atoms with Gasteiger partial charge in [-0.2, -0.15) is 0 Å². The highest BCUT2D eigenvalue weighted by molar-refractivity contribution is 5.54. The van der Waals surface area contributed by atoms with Gasteiger partial charge in [-0.25, -0.2) is 0 Å². The summed E-state index contributed by atoms with van der Waals surface area (Å²) in [6.07, 6.45) is 39.0. The molecule has 13 nitrogen and oxygen atoms in total. The summed E-state index contributed by atoms with van der Waals surface area (Å²) >= 11 is 0. The molecule has 10 rings (SSSR count). The van der Waals surface area contributed by atoms with Gasteiger partial charge in [-0.15, -0.1) is 0 Å². The van der Waals surface area contributed by atoms with E-state index in [9.17, 15) is 5.11 Å². The summed E-state index contributed by atoms with van der Waals surface area (Å²) in [6, 6.07) is 76.0. The van der Waals surface area contributed by atoms with Crippen molar-refractivity contribution in [1.29, 1.82) is 0 Å². The molecule has 0 atom stereocenters. The minimum absolute atomic E-state index is 0.00210. The van der Waals surface area contributed by atoms with E-state index in [-0.39, 0.29) is 33.0 Å². The molecule has 13 heteroatoms. The fraction of sp³-hybridized carbons (Fsp3) is 0.434. The van der Waals surface area contributed by atoms with Crippen molar-refractivity contribution in [1.82, 2.24) is 0 Å². The molecule has 636 valence electrons. The summed E-state index contributed by atoms with van der Waals surface area (Å²) in [5.41, 5.74) is 9.65. The predicted molar refractivity (Wildman–Crippen MR) is 481 cm³/mol. The molecule has 1 N–H and O–H groups in total. The molecule has 0 radical (unpaired) electrons. The van der Waals surface area contributed by atoms with E-state index < -0.39 is 0 Å². The zero-order valence-corrected chi connectivity index (χ0v) is 71.7. The molecule has 0 saturated heterocycles. The van der Waals surface area contributed by atoms with Crippen molar-refractivity contribution in [2.75, 3.05) is 19.8 Å². The van der Waals surface area contributed by atoms with Crippen LogP contribution in [-0.2, 0) is 66.1 Å². The first-order chi connectivity index (χ1) is 58.8. The summed E-state index contributed by atoms with van der Waals surface area (Å²) < 4.78 is 76.6. The number of aliphatic hydroxyl groups excluding tert-OH is 1. The van der Waals surface area contributed by atoms with Gasteiger partial charge in [-0.1, -0.05) is 303 Å². The molecule has 0 amide bonds. The Morgan fingerprint density at radius 3 is 0.546 bits per heavy atom. The highest BCUT2D eigenvalue weighted by Crippen LogP contribution is 2.42. The van der Waals surface area contributed by atoms with Crippen LogP contribution in [0.3, 0.4) is 0 Å². The Bertz CT molecular complexity index is 4120. The van der Waals surface area contributed by atoms with Crippen molar-refractivity contribution >= 4 is 0 Å². The van der Waals surface area contributed by atoms with Crippen LogP contribution in [0.15, 0.2) is 231 Å². The summed E-state index contributed by atoms with van der Waals surface area (Å²) in [6.45, 7) is 12.0. The molecular formula is C106H134O13. The van der Waals surface area contributed by atoms with Gasteiger partial charge < -0.3 is 61.9 Å². The Morgan fingerprint density at radius 2 is 0.336 bits per heavy atom. The van der Waals surface area contributed by atoms with Gasteiger partial charge in [0.2, 0.25) is 5.75 Å². The van der Waals surface area contributed by atoms with Crippen molar-refractivity contribution in [3.8, 4) is 69.0 Å². The van der Waals surface area contributed by atoms with Crippen LogP contribution >= 0.6 is 0 Å². The van der Waals surface area contributed by atoms with E-state index >= 15 is 0 Å². The van der Waals surface area contributed by atoms with E-state index in [0.29, 0.717) is 56.0 Å². The monoisotopic (exact) mass is 1610 g/mol. The molecule has 0 unspecified atom stereocenters. The largest absolute Gasteiger partial charge is 0.494 e. The summed E-state index contributed by atoms with van der Waals surface area (Å²) in [7, 11) is 0. The van der Waals surface area contributed by atoms with Crippen molar-refractivity contribution < 1.29 is 61.9 Å².